The zero-order chi connectivity index (χ0) is 13.9. The van der Waals surface area contributed by atoms with E-state index in [-0.39, 0.29) is 12.1 Å². The third-order valence-corrected chi connectivity index (χ3v) is 2.57. The minimum Gasteiger partial charge on any atom is -0.479 e. The van der Waals surface area contributed by atoms with Crippen LogP contribution in [0.3, 0.4) is 0 Å². The Kier molecular flexibility index (Phi) is 4.36. The highest BCUT2D eigenvalue weighted by Gasteiger charge is 2.31. The number of aliphatic carboxylic acids is 1. The van der Waals surface area contributed by atoms with Crippen LogP contribution in [0.15, 0.2) is 18.2 Å². The first-order valence-corrected chi connectivity index (χ1v) is 5.34. The third-order valence-electron chi connectivity index (χ3n) is 2.57. The predicted molar refractivity (Wildman–Crippen MR) is 59.8 cm³/mol. The quantitative estimate of drug-likeness (QED) is 0.897. The summed E-state index contributed by atoms with van der Waals surface area (Å²) < 4.78 is 26.7. The number of amides is 1. The molecule has 6 heteroatoms. The number of hydrogen-bond acceptors (Lipinski definition) is 2. The number of benzene rings is 1. The van der Waals surface area contributed by atoms with Crippen LogP contribution in [0.2, 0.25) is 0 Å². The lowest BCUT2D eigenvalue weighted by atomic mass is 10.0. The molecule has 0 bridgehead atoms. The Balaban J connectivity index is 3.32. The van der Waals surface area contributed by atoms with E-state index < -0.39 is 29.6 Å². The molecule has 1 aromatic rings. The summed E-state index contributed by atoms with van der Waals surface area (Å²) in [7, 11) is 0. The summed E-state index contributed by atoms with van der Waals surface area (Å²) in [5.74, 6) is -4.31. The van der Waals surface area contributed by atoms with E-state index in [1.165, 1.54) is 13.0 Å². The fraction of sp³-hybridized carbons (Fsp3) is 0.333. The molecule has 0 saturated carbocycles. The summed E-state index contributed by atoms with van der Waals surface area (Å²) in [5.41, 5.74) is -0.362. The fourth-order valence-electron chi connectivity index (χ4n) is 1.75. The largest absolute Gasteiger partial charge is 0.479 e. The Hall–Kier alpha value is -1.98. The summed E-state index contributed by atoms with van der Waals surface area (Å²) in [6.45, 7) is 2.83. The Labute approximate surface area is 103 Å². The summed E-state index contributed by atoms with van der Waals surface area (Å²) in [6, 6.07) is 1.73. The lowest BCUT2D eigenvalue weighted by molar-refractivity contribution is -0.149. The molecule has 1 amide bonds. The van der Waals surface area contributed by atoms with Crippen molar-refractivity contribution in [2.24, 2.45) is 0 Å². The second-order valence-corrected chi connectivity index (χ2v) is 3.69. The normalized spacial score (nSPS) is 12.0. The fourth-order valence-corrected chi connectivity index (χ4v) is 1.75. The van der Waals surface area contributed by atoms with E-state index in [0.717, 1.165) is 17.0 Å². The van der Waals surface area contributed by atoms with Crippen LogP contribution in [-0.2, 0) is 9.59 Å². The smallest absolute Gasteiger partial charge is 0.331 e. The van der Waals surface area contributed by atoms with Gasteiger partial charge < -0.3 is 10.0 Å². The van der Waals surface area contributed by atoms with Crippen LogP contribution in [0.5, 0.6) is 0 Å². The van der Waals surface area contributed by atoms with Crippen LogP contribution >= 0.6 is 0 Å². The van der Waals surface area contributed by atoms with Gasteiger partial charge in [-0.3, -0.25) is 4.79 Å². The van der Waals surface area contributed by atoms with Gasteiger partial charge in [0.25, 0.3) is 0 Å². The molecule has 0 aliphatic heterocycles. The summed E-state index contributed by atoms with van der Waals surface area (Å²) in [4.78, 5) is 23.5. The molecule has 18 heavy (non-hydrogen) atoms. The maximum Gasteiger partial charge on any atom is 0.331 e. The van der Waals surface area contributed by atoms with Crippen molar-refractivity contribution < 1.29 is 23.5 Å². The number of carboxylic acid groups (broad SMARTS) is 1. The first kappa shape index (κ1) is 14.1. The summed E-state index contributed by atoms with van der Waals surface area (Å²) in [6.07, 6.45) is 0. The highest BCUT2D eigenvalue weighted by molar-refractivity contribution is 5.83. The number of hydrogen-bond donors (Lipinski definition) is 1. The third kappa shape index (κ3) is 2.64. The summed E-state index contributed by atoms with van der Waals surface area (Å²) in [5, 5.41) is 9.11. The van der Waals surface area contributed by atoms with Crippen molar-refractivity contribution in [3.8, 4) is 0 Å². The van der Waals surface area contributed by atoms with Crippen LogP contribution in [0, 0.1) is 11.6 Å². The Bertz CT molecular complexity index is 476. The van der Waals surface area contributed by atoms with E-state index in [4.69, 9.17) is 5.11 Å². The molecule has 0 heterocycles. The molecule has 98 valence electrons. The lowest BCUT2D eigenvalue weighted by Gasteiger charge is -2.27. The number of likely N-dealkylation sites (N-methyl/N-ethyl adjacent to an activating group) is 1. The van der Waals surface area contributed by atoms with Gasteiger partial charge in [-0.1, -0.05) is 12.1 Å². The number of rotatable bonds is 4. The van der Waals surface area contributed by atoms with Gasteiger partial charge in [-0.25, -0.2) is 13.6 Å². The molecule has 1 unspecified atom stereocenters. The maximum absolute atomic E-state index is 13.6. The van der Waals surface area contributed by atoms with Crippen molar-refractivity contribution in [1.82, 2.24) is 4.90 Å². The number of carbonyl (C=O) groups is 2. The zero-order valence-electron chi connectivity index (χ0n) is 9.98. The molecule has 1 N–H and O–H groups in total. The minimum absolute atomic E-state index is 0.0856. The standard InChI is InChI=1S/C12H13F2NO3/c1-3-15(7(2)16)11(12(17)18)8-5-4-6-9(13)10(8)14/h4-6,11H,3H2,1-2H3,(H,17,18). The van der Waals surface area contributed by atoms with E-state index >= 15 is 0 Å². The van der Waals surface area contributed by atoms with Crippen LogP contribution in [-0.4, -0.2) is 28.4 Å². The van der Waals surface area contributed by atoms with Gasteiger partial charge in [0.1, 0.15) is 0 Å². The monoisotopic (exact) mass is 257 g/mol. The van der Waals surface area contributed by atoms with Crippen molar-refractivity contribution in [1.29, 1.82) is 0 Å². The van der Waals surface area contributed by atoms with Crippen molar-refractivity contribution in [2.45, 2.75) is 19.9 Å². The van der Waals surface area contributed by atoms with E-state index in [9.17, 15) is 18.4 Å². The van der Waals surface area contributed by atoms with Gasteiger partial charge in [0, 0.05) is 19.0 Å². The number of carbonyl (C=O) groups excluding carboxylic acids is 1. The first-order chi connectivity index (χ1) is 8.40. The van der Waals surface area contributed by atoms with Gasteiger partial charge in [0.15, 0.2) is 17.7 Å². The first-order valence-electron chi connectivity index (χ1n) is 5.34. The Morgan fingerprint density at radius 2 is 2.00 bits per heavy atom. The second kappa shape index (κ2) is 5.57. The van der Waals surface area contributed by atoms with Gasteiger partial charge in [-0.05, 0) is 13.0 Å². The topological polar surface area (TPSA) is 57.6 Å². The lowest BCUT2D eigenvalue weighted by Crippen LogP contribution is -2.38. The average molecular weight is 257 g/mol. The van der Waals surface area contributed by atoms with Gasteiger partial charge in [0.2, 0.25) is 5.91 Å². The highest BCUT2D eigenvalue weighted by atomic mass is 19.2. The number of nitrogens with zero attached hydrogens (tertiary/aromatic N) is 1. The van der Waals surface area contributed by atoms with E-state index in [1.807, 2.05) is 0 Å². The van der Waals surface area contributed by atoms with Crippen LogP contribution in [0.4, 0.5) is 8.78 Å². The van der Waals surface area contributed by atoms with Crippen molar-refractivity contribution in [2.75, 3.05) is 6.54 Å². The van der Waals surface area contributed by atoms with E-state index in [0.29, 0.717) is 0 Å². The van der Waals surface area contributed by atoms with Crippen LogP contribution in [0.25, 0.3) is 0 Å². The highest BCUT2D eigenvalue weighted by Crippen LogP contribution is 2.25. The minimum atomic E-state index is -1.52. The van der Waals surface area contributed by atoms with Crippen molar-refractivity contribution >= 4 is 11.9 Å². The molecule has 0 aliphatic rings. The SMILES string of the molecule is CCN(C(C)=O)C(C(=O)O)c1cccc(F)c1F. The number of halogens is 2. The van der Waals surface area contributed by atoms with E-state index in [1.54, 1.807) is 6.92 Å². The molecule has 4 nitrogen and oxygen atoms in total. The molecular weight excluding hydrogens is 244 g/mol. The molecule has 1 atom stereocenters. The van der Waals surface area contributed by atoms with Gasteiger partial charge in [0.05, 0.1) is 0 Å². The Morgan fingerprint density at radius 3 is 2.44 bits per heavy atom. The molecule has 0 saturated heterocycles. The van der Waals surface area contributed by atoms with Gasteiger partial charge >= 0.3 is 5.97 Å². The van der Waals surface area contributed by atoms with Crippen LogP contribution in [0.1, 0.15) is 25.5 Å². The van der Waals surface area contributed by atoms with Gasteiger partial charge in [-0.15, -0.1) is 0 Å². The molecule has 0 radical (unpaired) electrons. The van der Waals surface area contributed by atoms with E-state index in [2.05, 4.69) is 0 Å². The number of carboxylic acids is 1. The Morgan fingerprint density at radius 1 is 1.39 bits per heavy atom. The molecule has 0 aliphatic carbocycles. The van der Waals surface area contributed by atoms with Crippen LogP contribution < -0.4 is 0 Å². The average Bonchev–Trinajstić information content (AvgIpc) is 2.29. The maximum atomic E-state index is 13.6. The van der Waals surface area contributed by atoms with Crippen molar-refractivity contribution in [3.63, 3.8) is 0 Å². The molecule has 1 aromatic carbocycles. The summed E-state index contributed by atoms with van der Waals surface area (Å²) >= 11 is 0. The molecule has 1 rings (SSSR count). The molecule has 0 spiro atoms. The van der Waals surface area contributed by atoms with Crippen molar-refractivity contribution in [3.05, 3.63) is 35.4 Å². The molecule has 0 aromatic heterocycles. The molecular formula is C12H13F2NO3. The predicted octanol–water partition coefficient (Wildman–Crippen LogP) is 1.96. The zero-order valence-corrected chi connectivity index (χ0v) is 9.98. The second-order valence-electron chi connectivity index (χ2n) is 3.69. The van der Waals surface area contributed by atoms with Gasteiger partial charge in [-0.2, -0.15) is 0 Å². The molecule has 0 fully saturated rings.